The maximum Gasteiger partial charge on any atom is 0.300 e. The highest BCUT2D eigenvalue weighted by Gasteiger charge is 2.47. The van der Waals surface area contributed by atoms with Crippen molar-refractivity contribution < 1.29 is 33.6 Å². The van der Waals surface area contributed by atoms with Crippen molar-refractivity contribution in [1.82, 2.24) is 0 Å². The molecule has 8 nitrogen and oxygen atoms in total. The number of aliphatic hydroxyl groups excluding tert-OH is 1. The van der Waals surface area contributed by atoms with Gasteiger partial charge in [-0.25, -0.2) is 0 Å². The molecule has 1 amide bonds. The number of fused-ring (bicyclic) bond motifs is 1. The molecule has 1 fully saturated rings. The molecule has 39 heavy (non-hydrogen) atoms. The first-order chi connectivity index (χ1) is 18.6. The molecule has 0 spiro atoms. The van der Waals surface area contributed by atoms with Crippen LogP contribution in [0.15, 0.2) is 66.2 Å². The van der Waals surface area contributed by atoms with Crippen molar-refractivity contribution in [2.75, 3.05) is 25.4 Å². The number of Topliss-reactive ketones (excluding diaryl/α,β-unsaturated/α-hetero) is 1. The van der Waals surface area contributed by atoms with E-state index in [4.69, 9.17) is 18.9 Å². The van der Waals surface area contributed by atoms with Crippen LogP contribution in [0.25, 0.3) is 5.76 Å². The van der Waals surface area contributed by atoms with E-state index >= 15 is 0 Å². The van der Waals surface area contributed by atoms with Gasteiger partial charge in [0, 0.05) is 22.9 Å². The molecule has 0 aromatic heterocycles. The molecule has 5 rings (SSSR count). The number of anilines is 1. The number of ether oxygens (including phenoxy) is 4. The molecule has 0 aliphatic carbocycles. The Morgan fingerprint density at radius 1 is 1.03 bits per heavy atom. The maximum atomic E-state index is 13.6. The highest BCUT2D eigenvalue weighted by atomic mass is 16.7. The number of nitrogens with zero attached hydrogens (tertiary/aromatic N) is 1. The molecule has 202 valence electrons. The molecule has 1 atom stereocenters. The van der Waals surface area contributed by atoms with Crippen molar-refractivity contribution in [3.05, 3.63) is 82.9 Å². The average molecular weight is 530 g/mol. The number of carbonyl (C=O) groups excluding carboxylic acids is 2. The summed E-state index contributed by atoms with van der Waals surface area (Å²) in [5.41, 5.74) is 2.01. The molecule has 1 unspecified atom stereocenters. The summed E-state index contributed by atoms with van der Waals surface area (Å²) in [5.74, 6) is 0.472. The van der Waals surface area contributed by atoms with Crippen LogP contribution in [0.2, 0.25) is 0 Å². The Morgan fingerprint density at radius 3 is 2.51 bits per heavy atom. The molecular weight excluding hydrogens is 498 g/mol. The molecule has 2 heterocycles. The third kappa shape index (κ3) is 4.67. The van der Waals surface area contributed by atoms with Crippen LogP contribution in [0.5, 0.6) is 23.0 Å². The van der Waals surface area contributed by atoms with E-state index in [1.54, 1.807) is 67.8 Å². The fourth-order valence-corrected chi connectivity index (χ4v) is 4.99. The van der Waals surface area contributed by atoms with E-state index in [0.29, 0.717) is 46.4 Å². The lowest BCUT2D eigenvalue weighted by molar-refractivity contribution is -0.132. The van der Waals surface area contributed by atoms with Crippen molar-refractivity contribution in [1.29, 1.82) is 0 Å². The van der Waals surface area contributed by atoms with Gasteiger partial charge in [-0.1, -0.05) is 32.9 Å². The lowest BCUT2D eigenvalue weighted by Crippen LogP contribution is -2.29. The van der Waals surface area contributed by atoms with Crippen LogP contribution >= 0.6 is 0 Å². The Bertz CT molecular complexity index is 1480. The van der Waals surface area contributed by atoms with E-state index in [1.165, 1.54) is 4.90 Å². The third-order valence-electron chi connectivity index (χ3n) is 6.84. The van der Waals surface area contributed by atoms with E-state index in [1.807, 2.05) is 27.7 Å². The summed E-state index contributed by atoms with van der Waals surface area (Å²) in [5, 5.41) is 11.6. The fourth-order valence-electron chi connectivity index (χ4n) is 4.99. The topological polar surface area (TPSA) is 94.5 Å². The van der Waals surface area contributed by atoms with Gasteiger partial charge in [-0.2, -0.15) is 0 Å². The smallest absolute Gasteiger partial charge is 0.300 e. The molecular formula is C31H31NO7. The molecule has 8 heteroatoms. The number of benzene rings is 3. The molecule has 0 bridgehead atoms. The Balaban J connectivity index is 1.72. The number of ketones is 1. The van der Waals surface area contributed by atoms with Gasteiger partial charge >= 0.3 is 0 Å². The Hall–Kier alpha value is -4.46. The highest BCUT2D eigenvalue weighted by Crippen LogP contribution is 2.46. The predicted molar refractivity (Wildman–Crippen MR) is 147 cm³/mol. The van der Waals surface area contributed by atoms with Gasteiger partial charge in [0.25, 0.3) is 11.7 Å². The predicted octanol–water partition coefficient (Wildman–Crippen LogP) is 5.75. The highest BCUT2D eigenvalue weighted by molar-refractivity contribution is 6.51. The molecule has 1 N–H and O–H groups in total. The average Bonchev–Trinajstić information content (AvgIpc) is 3.49. The van der Waals surface area contributed by atoms with Gasteiger partial charge in [0.1, 0.15) is 17.3 Å². The van der Waals surface area contributed by atoms with Crippen LogP contribution in [0.4, 0.5) is 5.69 Å². The minimum absolute atomic E-state index is 0.0173. The molecule has 2 aliphatic heterocycles. The van der Waals surface area contributed by atoms with Gasteiger partial charge in [0.05, 0.1) is 25.3 Å². The zero-order valence-corrected chi connectivity index (χ0v) is 22.6. The molecule has 0 radical (unpaired) electrons. The Kier molecular flexibility index (Phi) is 6.72. The minimum atomic E-state index is -0.911. The summed E-state index contributed by atoms with van der Waals surface area (Å²) >= 11 is 0. The SMILES string of the molecule is CCOc1cccc(C2/C(=C(\O)c3ccc(OC)c(C(C)(C)C)c3)C(=O)C(=O)N2c2ccc3c(c2)OCO3)c1. The second-order valence-corrected chi connectivity index (χ2v) is 10.4. The van der Waals surface area contributed by atoms with Crippen LogP contribution in [0, 0.1) is 0 Å². The van der Waals surface area contributed by atoms with Gasteiger partial charge < -0.3 is 24.1 Å². The second kappa shape index (κ2) is 10.0. The number of aliphatic hydroxyl groups is 1. The molecule has 3 aromatic carbocycles. The standard InChI is InChI=1S/C31H31NO7/c1-6-37-21-9-7-8-18(14-21)27-26(28(33)19-10-12-23(36-5)22(15-19)31(2,3)4)29(34)30(35)32(27)20-11-13-24-25(16-20)39-17-38-24/h7-16,27,33H,6,17H2,1-5H3/b28-26+. The van der Waals surface area contributed by atoms with Gasteiger partial charge in [-0.05, 0) is 60.4 Å². The largest absolute Gasteiger partial charge is 0.507 e. The lowest BCUT2D eigenvalue weighted by Gasteiger charge is -2.26. The van der Waals surface area contributed by atoms with Crippen LogP contribution in [0.1, 0.15) is 50.4 Å². The summed E-state index contributed by atoms with van der Waals surface area (Å²) in [6, 6.07) is 16.6. The Labute approximate surface area is 227 Å². The molecule has 2 aliphatic rings. The van der Waals surface area contributed by atoms with Crippen molar-refractivity contribution >= 4 is 23.1 Å². The van der Waals surface area contributed by atoms with Gasteiger partial charge in [0.2, 0.25) is 6.79 Å². The summed E-state index contributed by atoms with van der Waals surface area (Å²) in [6.07, 6.45) is 0. The van der Waals surface area contributed by atoms with E-state index in [0.717, 1.165) is 5.56 Å². The maximum absolute atomic E-state index is 13.6. The van der Waals surface area contributed by atoms with Crippen molar-refractivity contribution in [2.24, 2.45) is 0 Å². The van der Waals surface area contributed by atoms with Crippen LogP contribution in [-0.2, 0) is 15.0 Å². The molecule has 1 saturated heterocycles. The fraction of sp³-hybridized carbons (Fsp3) is 0.290. The van der Waals surface area contributed by atoms with Crippen LogP contribution < -0.4 is 23.8 Å². The zero-order chi connectivity index (χ0) is 27.9. The zero-order valence-electron chi connectivity index (χ0n) is 22.6. The quantitative estimate of drug-likeness (QED) is 0.247. The van der Waals surface area contributed by atoms with Crippen molar-refractivity contribution in [3.63, 3.8) is 0 Å². The number of hydrogen-bond donors (Lipinski definition) is 1. The number of amides is 1. The molecule has 0 saturated carbocycles. The van der Waals surface area contributed by atoms with Gasteiger partial charge in [-0.15, -0.1) is 0 Å². The lowest BCUT2D eigenvalue weighted by atomic mass is 9.84. The summed E-state index contributed by atoms with van der Waals surface area (Å²) in [7, 11) is 1.59. The summed E-state index contributed by atoms with van der Waals surface area (Å²) in [4.78, 5) is 28.6. The summed E-state index contributed by atoms with van der Waals surface area (Å²) in [6.45, 7) is 8.51. The van der Waals surface area contributed by atoms with Crippen molar-refractivity contribution in [3.8, 4) is 23.0 Å². The Morgan fingerprint density at radius 2 is 1.79 bits per heavy atom. The van der Waals surface area contributed by atoms with Gasteiger partial charge in [0.15, 0.2) is 11.5 Å². The first kappa shape index (κ1) is 26.2. The normalized spacial score (nSPS) is 18.0. The summed E-state index contributed by atoms with van der Waals surface area (Å²) < 4.78 is 22.2. The van der Waals surface area contributed by atoms with Crippen molar-refractivity contribution in [2.45, 2.75) is 39.2 Å². The molecule has 3 aromatic rings. The van der Waals surface area contributed by atoms with Crippen LogP contribution in [-0.4, -0.2) is 37.3 Å². The number of hydrogen-bond acceptors (Lipinski definition) is 7. The number of carbonyl (C=O) groups is 2. The van der Waals surface area contributed by atoms with Gasteiger partial charge in [-0.3, -0.25) is 14.5 Å². The third-order valence-corrected chi connectivity index (χ3v) is 6.84. The van der Waals surface area contributed by atoms with E-state index in [-0.39, 0.29) is 23.5 Å². The van der Waals surface area contributed by atoms with E-state index < -0.39 is 17.7 Å². The minimum Gasteiger partial charge on any atom is -0.507 e. The second-order valence-electron chi connectivity index (χ2n) is 10.4. The van der Waals surface area contributed by atoms with E-state index in [9.17, 15) is 14.7 Å². The first-order valence-electron chi connectivity index (χ1n) is 12.8. The van der Waals surface area contributed by atoms with Crippen LogP contribution in [0.3, 0.4) is 0 Å². The number of methoxy groups -OCH3 is 1. The van der Waals surface area contributed by atoms with E-state index in [2.05, 4.69) is 0 Å². The monoisotopic (exact) mass is 529 g/mol. The first-order valence-corrected chi connectivity index (χ1v) is 12.8. The number of rotatable bonds is 6.